The first-order chi connectivity index (χ1) is 14.2. The fourth-order valence-electron chi connectivity index (χ4n) is 3.60. The van der Waals surface area contributed by atoms with Gasteiger partial charge < -0.3 is 29.7 Å². The minimum Gasteiger partial charge on any atom is -0.492 e. The zero-order chi connectivity index (χ0) is 20.5. The van der Waals surface area contributed by atoms with Crippen molar-refractivity contribution in [3.8, 4) is 5.75 Å². The molecule has 2 aliphatic heterocycles. The Morgan fingerprint density at radius 2 is 2.17 bits per heavy atom. The second-order valence-corrected chi connectivity index (χ2v) is 7.20. The highest BCUT2D eigenvalue weighted by Gasteiger charge is 2.32. The maximum absolute atomic E-state index is 11.2. The molecule has 8 heteroatoms. The largest absolute Gasteiger partial charge is 0.492 e. The van der Waals surface area contributed by atoms with Gasteiger partial charge in [0.1, 0.15) is 18.5 Å². The van der Waals surface area contributed by atoms with Crippen LogP contribution >= 0.6 is 0 Å². The number of guanidine groups is 1. The van der Waals surface area contributed by atoms with Gasteiger partial charge in [-0.25, -0.2) is 4.99 Å². The zero-order valence-corrected chi connectivity index (χ0v) is 17.4. The van der Waals surface area contributed by atoms with Crippen LogP contribution in [0.15, 0.2) is 29.3 Å². The Labute approximate surface area is 172 Å². The summed E-state index contributed by atoms with van der Waals surface area (Å²) in [5.41, 5.74) is 0.723. The third-order valence-corrected chi connectivity index (χ3v) is 4.88. The Morgan fingerprint density at radius 3 is 2.93 bits per heavy atom. The summed E-state index contributed by atoms with van der Waals surface area (Å²) in [6.07, 6.45) is 2.47. The monoisotopic (exact) mass is 404 g/mol. The van der Waals surface area contributed by atoms with Gasteiger partial charge in [-0.05, 0) is 31.9 Å². The average molecular weight is 405 g/mol. The van der Waals surface area contributed by atoms with Crippen molar-refractivity contribution < 1.29 is 19.0 Å². The van der Waals surface area contributed by atoms with Gasteiger partial charge >= 0.3 is 0 Å². The second-order valence-electron chi connectivity index (χ2n) is 7.20. The number of nitrogens with one attached hydrogen (secondary N) is 2. The smallest absolute Gasteiger partial charge is 0.221 e. The van der Waals surface area contributed by atoms with Crippen molar-refractivity contribution in [3.05, 3.63) is 24.3 Å². The zero-order valence-electron chi connectivity index (χ0n) is 17.4. The third kappa shape index (κ3) is 6.61. The SMILES string of the molecule is CCNC(=NCCOc1cccc(NC(C)=O)c1)N1CCOC(C2CCCO2)C1. The highest BCUT2D eigenvalue weighted by molar-refractivity contribution is 5.88. The van der Waals surface area contributed by atoms with E-state index in [9.17, 15) is 4.79 Å². The standard InChI is InChI=1S/C21H32N4O4/c1-3-22-21(25-10-13-29-20(15-25)19-8-5-11-28-19)23-9-12-27-18-7-4-6-17(14-18)24-16(2)26/h4,6-7,14,19-20H,3,5,8-13,15H2,1-2H3,(H,22,23)(H,24,26). The molecule has 0 bridgehead atoms. The molecule has 8 nitrogen and oxygen atoms in total. The van der Waals surface area contributed by atoms with E-state index < -0.39 is 0 Å². The second kappa shape index (κ2) is 11.0. The van der Waals surface area contributed by atoms with E-state index in [0.29, 0.717) is 25.5 Å². The van der Waals surface area contributed by atoms with E-state index in [0.717, 1.165) is 50.7 Å². The number of amides is 1. The molecule has 0 aromatic heterocycles. The average Bonchev–Trinajstić information content (AvgIpc) is 3.25. The summed E-state index contributed by atoms with van der Waals surface area (Å²) >= 11 is 0. The first kappa shape index (κ1) is 21.4. The van der Waals surface area contributed by atoms with Crippen LogP contribution in [-0.2, 0) is 14.3 Å². The topological polar surface area (TPSA) is 84.4 Å². The number of ether oxygens (including phenoxy) is 3. The minimum absolute atomic E-state index is 0.0999. The normalized spacial score (nSPS) is 22.4. The number of carbonyl (C=O) groups is 1. The predicted molar refractivity (Wildman–Crippen MR) is 113 cm³/mol. The van der Waals surface area contributed by atoms with Gasteiger partial charge in [-0.1, -0.05) is 6.07 Å². The van der Waals surface area contributed by atoms with E-state index in [1.54, 1.807) is 0 Å². The van der Waals surface area contributed by atoms with Crippen LogP contribution in [0.25, 0.3) is 0 Å². The first-order valence-electron chi connectivity index (χ1n) is 10.4. The maximum atomic E-state index is 11.2. The van der Waals surface area contributed by atoms with Gasteiger partial charge in [0.25, 0.3) is 0 Å². The van der Waals surface area contributed by atoms with Crippen LogP contribution in [0, 0.1) is 0 Å². The lowest BCUT2D eigenvalue weighted by Gasteiger charge is -2.37. The number of aliphatic imine (C=N–C) groups is 1. The van der Waals surface area contributed by atoms with E-state index in [2.05, 4.69) is 22.5 Å². The molecule has 3 rings (SSSR count). The summed E-state index contributed by atoms with van der Waals surface area (Å²) in [7, 11) is 0. The van der Waals surface area contributed by atoms with Gasteiger partial charge in [0.2, 0.25) is 5.91 Å². The van der Waals surface area contributed by atoms with Crippen LogP contribution < -0.4 is 15.4 Å². The molecule has 2 heterocycles. The predicted octanol–water partition coefficient (Wildman–Crippen LogP) is 1.87. The number of carbonyl (C=O) groups excluding carboxylic acids is 1. The number of morpholine rings is 1. The van der Waals surface area contributed by atoms with Gasteiger partial charge in [-0.2, -0.15) is 0 Å². The Hall–Kier alpha value is -2.32. The number of anilines is 1. The molecule has 1 aromatic rings. The lowest BCUT2D eigenvalue weighted by Crippen LogP contribution is -2.53. The van der Waals surface area contributed by atoms with Crippen LogP contribution in [0.3, 0.4) is 0 Å². The summed E-state index contributed by atoms with van der Waals surface area (Å²) in [5.74, 6) is 1.49. The van der Waals surface area contributed by atoms with Crippen molar-refractivity contribution in [1.29, 1.82) is 0 Å². The molecule has 2 unspecified atom stereocenters. The number of nitrogens with zero attached hydrogens (tertiary/aromatic N) is 2. The van der Waals surface area contributed by atoms with Crippen molar-refractivity contribution in [3.63, 3.8) is 0 Å². The molecule has 1 amide bonds. The lowest BCUT2D eigenvalue weighted by atomic mass is 10.1. The molecule has 0 aliphatic carbocycles. The molecular formula is C21H32N4O4. The van der Waals surface area contributed by atoms with Gasteiger partial charge in [0.05, 0.1) is 19.3 Å². The molecule has 29 heavy (non-hydrogen) atoms. The summed E-state index contributed by atoms with van der Waals surface area (Å²) in [4.78, 5) is 18.2. The van der Waals surface area contributed by atoms with E-state index in [-0.39, 0.29) is 18.1 Å². The third-order valence-electron chi connectivity index (χ3n) is 4.88. The number of hydrogen-bond acceptors (Lipinski definition) is 5. The molecule has 2 fully saturated rings. The number of benzene rings is 1. The van der Waals surface area contributed by atoms with Crippen LogP contribution in [0.2, 0.25) is 0 Å². The van der Waals surface area contributed by atoms with Crippen molar-refractivity contribution in [2.45, 2.75) is 38.9 Å². The Balaban J connectivity index is 1.51. The van der Waals surface area contributed by atoms with E-state index in [4.69, 9.17) is 19.2 Å². The molecule has 0 radical (unpaired) electrons. The molecule has 2 N–H and O–H groups in total. The summed E-state index contributed by atoms with van der Waals surface area (Å²) < 4.78 is 17.5. The molecule has 160 valence electrons. The van der Waals surface area contributed by atoms with Gasteiger partial charge in [0, 0.05) is 44.9 Å². The molecule has 0 saturated carbocycles. The van der Waals surface area contributed by atoms with Crippen molar-refractivity contribution in [2.75, 3.05) is 51.3 Å². The molecule has 2 atom stereocenters. The van der Waals surface area contributed by atoms with Crippen LogP contribution in [0.5, 0.6) is 5.75 Å². The quantitative estimate of drug-likeness (QED) is 0.410. The number of hydrogen-bond donors (Lipinski definition) is 2. The van der Waals surface area contributed by atoms with Gasteiger partial charge in [-0.15, -0.1) is 0 Å². The first-order valence-corrected chi connectivity index (χ1v) is 10.4. The van der Waals surface area contributed by atoms with Crippen LogP contribution in [0.4, 0.5) is 5.69 Å². The van der Waals surface area contributed by atoms with E-state index >= 15 is 0 Å². The molecule has 1 aromatic carbocycles. The molecular weight excluding hydrogens is 372 g/mol. The number of rotatable bonds is 7. The highest BCUT2D eigenvalue weighted by atomic mass is 16.5. The van der Waals surface area contributed by atoms with Crippen LogP contribution in [0.1, 0.15) is 26.7 Å². The van der Waals surface area contributed by atoms with E-state index in [1.807, 2.05) is 24.3 Å². The fourth-order valence-corrected chi connectivity index (χ4v) is 3.60. The van der Waals surface area contributed by atoms with Crippen molar-refractivity contribution >= 4 is 17.6 Å². The van der Waals surface area contributed by atoms with Crippen molar-refractivity contribution in [2.24, 2.45) is 4.99 Å². The van der Waals surface area contributed by atoms with Gasteiger partial charge in [-0.3, -0.25) is 4.79 Å². The fraction of sp³-hybridized carbons (Fsp3) is 0.619. The minimum atomic E-state index is -0.103. The molecule has 0 spiro atoms. The lowest BCUT2D eigenvalue weighted by molar-refractivity contribution is -0.114. The van der Waals surface area contributed by atoms with Gasteiger partial charge in [0.15, 0.2) is 5.96 Å². The van der Waals surface area contributed by atoms with Crippen LogP contribution in [-0.4, -0.2) is 75.0 Å². The Bertz CT molecular complexity index is 691. The summed E-state index contributed by atoms with van der Waals surface area (Å²) in [5, 5.41) is 6.12. The highest BCUT2D eigenvalue weighted by Crippen LogP contribution is 2.21. The molecule has 2 saturated heterocycles. The Kier molecular flexibility index (Phi) is 8.13. The van der Waals surface area contributed by atoms with E-state index in [1.165, 1.54) is 6.92 Å². The summed E-state index contributed by atoms with van der Waals surface area (Å²) in [6.45, 7) is 8.47. The molecule has 2 aliphatic rings. The van der Waals surface area contributed by atoms with Crippen molar-refractivity contribution in [1.82, 2.24) is 10.2 Å². The maximum Gasteiger partial charge on any atom is 0.221 e. The summed E-state index contributed by atoms with van der Waals surface area (Å²) in [6, 6.07) is 7.37. The Morgan fingerprint density at radius 1 is 1.31 bits per heavy atom.